The molecule has 2 saturated heterocycles. The number of thioether (sulfide) groups is 1. The number of hydrogen-bond acceptors (Lipinski definition) is 7. The quantitative estimate of drug-likeness (QED) is 0.724. The summed E-state index contributed by atoms with van der Waals surface area (Å²) in [6.07, 6.45) is 2.00. The van der Waals surface area contributed by atoms with Gasteiger partial charge in [0.25, 0.3) is 11.1 Å². The molecular weight excluding hydrogens is 394 g/mol. The number of rotatable bonds is 4. The van der Waals surface area contributed by atoms with E-state index in [4.69, 9.17) is 9.47 Å². The van der Waals surface area contributed by atoms with Crippen molar-refractivity contribution in [2.24, 2.45) is 0 Å². The molecule has 1 atom stereocenters. The lowest BCUT2D eigenvalue weighted by atomic mass is 10.1. The van der Waals surface area contributed by atoms with Crippen LogP contribution in [0.2, 0.25) is 0 Å². The predicted molar refractivity (Wildman–Crippen MR) is 112 cm³/mol. The number of carbonyl (C=O) groups is 3. The third-order valence-corrected chi connectivity index (χ3v) is 5.21. The number of alkyl carbamates (subject to hydrolysis) is 1. The Morgan fingerprint density at radius 1 is 1.34 bits per heavy atom. The summed E-state index contributed by atoms with van der Waals surface area (Å²) in [5.41, 5.74) is 1.04. The Morgan fingerprint density at radius 3 is 2.72 bits per heavy atom. The van der Waals surface area contributed by atoms with Crippen LogP contribution >= 0.6 is 11.8 Å². The number of nitrogens with zero attached hydrogens (tertiary/aromatic N) is 1. The van der Waals surface area contributed by atoms with Crippen molar-refractivity contribution in [1.29, 1.82) is 0 Å². The van der Waals surface area contributed by atoms with Gasteiger partial charge < -0.3 is 19.7 Å². The van der Waals surface area contributed by atoms with Crippen LogP contribution in [0.15, 0.2) is 23.1 Å². The number of carbonyl (C=O) groups excluding carboxylic acids is 3. The Labute approximate surface area is 174 Å². The van der Waals surface area contributed by atoms with Crippen LogP contribution in [0.3, 0.4) is 0 Å². The fourth-order valence-electron chi connectivity index (χ4n) is 3.28. The molecule has 0 bridgehead atoms. The fourth-order valence-corrected chi connectivity index (χ4v) is 3.95. The van der Waals surface area contributed by atoms with Crippen molar-refractivity contribution < 1.29 is 23.9 Å². The summed E-state index contributed by atoms with van der Waals surface area (Å²) in [5, 5.41) is 4.79. The van der Waals surface area contributed by atoms with Gasteiger partial charge in [-0.25, -0.2) is 4.79 Å². The van der Waals surface area contributed by atoms with E-state index in [9.17, 15) is 14.4 Å². The van der Waals surface area contributed by atoms with Crippen LogP contribution in [0.25, 0.3) is 6.08 Å². The molecule has 156 valence electrons. The van der Waals surface area contributed by atoms with E-state index in [2.05, 4.69) is 15.5 Å². The van der Waals surface area contributed by atoms with E-state index in [0.717, 1.165) is 29.4 Å². The fraction of sp³-hybridized carbons (Fsp3) is 0.450. The first-order valence-electron chi connectivity index (χ1n) is 9.32. The van der Waals surface area contributed by atoms with Crippen LogP contribution in [-0.2, 0) is 9.53 Å². The van der Waals surface area contributed by atoms with Crippen LogP contribution < -0.4 is 20.3 Å². The summed E-state index contributed by atoms with van der Waals surface area (Å²) >= 11 is 0.876. The Hall–Kier alpha value is -2.68. The van der Waals surface area contributed by atoms with Gasteiger partial charge in [0.1, 0.15) is 11.4 Å². The van der Waals surface area contributed by atoms with Gasteiger partial charge >= 0.3 is 6.09 Å². The highest BCUT2D eigenvalue weighted by Gasteiger charge is 2.30. The zero-order valence-electron chi connectivity index (χ0n) is 16.9. The maximum absolute atomic E-state index is 12.1. The molecule has 2 N–H and O–H groups in total. The standard InChI is InChI=1S/C20H25N3O5S/c1-20(2,3)28-18(25)21-13-8-9-23(11-13)16-12(6-5-7-14(16)27-4)10-15-17(24)22-19(26)29-15/h5-7,10,13H,8-9,11H2,1-4H3,(H,21,25)(H,22,24,26)/t13-/m0/s1. The van der Waals surface area contributed by atoms with E-state index < -0.39 is 17.6 Å². The second-order valence-electron chi connectivity index (χ2n) is 7.83. The molecule has 1 aromatic rings. The first-order valence-corrected chi connectivity index (χ1v) is 10.1. The summed E-state index contributed by atoms with van der Waals surface area (Å²) in [7, 11) is 1.59. The monoisotopic (exact) mass is 419 g/mol. The molecule has 0 aliphatic carbocycles. The molecule has 29 heavy (non-hydrogen) atoms. The number of benzene rings is 1. The lowest BCUT2D eigenvalue weighted by molar-refractivity contribution is -0.115. The normalized spacial score (nSPS) is 20.8. The second kappa shape index (κ2) is 8.36. The molecule has 1 aromatic carbocycles. The van der Waals surface area contributed by atoms with Crippen molar-refractivity contribution in [1.82, 2.24) is 10.6 Å². The smallest absolute Gasteiger partial charge is 0.407 e. The number of para-hydroxylation sites is 1. The number of hydrogen-bond donors (Lipinski definition) is 2. The highest BCUT2D eigenvalue weighted by molar-refractivity contribution is 8.18. The Kier molecular flexibility index (Phi) is 6.07. The molecule has 0 aromatic heterocycles. The third kappa shape index (κ3) is 5.23. The van der Waals surface area contributed by atoms with Gasteiger partial charge in [-0.15, -0.1) is 0 Å². The molecule has 2 fully saturated rings. The highest BCUT2D eigenvalue weighted by atomic mass is 32.2. The molecule has 0 spiro atoms. The lowest BCUT2D eigenvalue weighted by Gasteiger charge is -2.24. The SMILES string of the molecule is COc1cccc(C=C2SC(=O)NC2=O)c1N1CC[C@H](NC(=O)OC(C)(C)C)C1. The summed E-state index contributed by atoms with van der Waals surface area (Å²) in [6.45, 7) is 6.75. The van der Waals surface area contributed by atoms with Gasteiger partial charge in [0, 0.05) is 18.7 Å². The van der Waals surface area contributed by atoms with Gasteiger partial charge in [-0.2, -0.15) is 0 Å². The molecule has 0 unspecified atom stereocenters. The molecular formula is C20H25N3O5S. The maximum Gasteiger partial charge on any atom is 0.407 e. The van der Waals surface area contributed by atoms with Gasteiger partial charge in [-0.3, -0.25) is 14.9 Å². The maximum atomic E-state index is 12.1. The molecule has 2 heterocycles. The number of imide groups is 1. The van der Waals surface area contributed by atoms with Crippen LogP contribution in [0.1, 0.15) is 32.8 Å². The summed E-state index contributed by atoms with van der Waals surface area (Å²) in [6, 6.07) is 5.48. The minimum absolute atomic E-state index is 0.0685. The van der Waals surface area contributed by atoms with Crippen LogP contribution in [-0.4, -0.2) is 49.1 Å². The number of anilines is 1. The summed E-state index contributed by atoms with van der Waals surface area (Å²) < 4.78 is 10.9. The Balaban J connectivity index is 1.80. The van der Waals surface area contributed by atoms with E-state index in [1.54, 1.807) is 13.2 Å². The van der Waals surface area contributed by atoms with Gasteiger partial charge in [0.15, 0.2) is 0 Å². The third-order valence-electron chi connectivity index (χ3n) is 4.40. The molecule has 2 aliphatic heterocycles. The molecule has 0 radical (unpaired) electrons. The molecule has 3 amide bonds. The number of nitrogens with one attached hydrogen (secondary N) is 2. The zero-order chi connectivity index (χ0) is 21.2. The summed E-state index contributed by atoms with van der Waals surface area (Å²) in [5.74, 6) is 0.256. The number of amides is 3. The van der Waals surface area contributed by atoms with E-state index in [-0.39, 0.29) is 11.3 Å². The lowest BCUT2D eigenvalue weighted by Crippen LogP contribution is -2.40. The predicted octanol–water partition coefficient (Wildman–Crippen LogP) is 3.12. The van der Waals surface area contributed by atoms with E-state index in [1.165, 1.54) is 0 Å². The van der Waals surface area contributed by atoms with Crippen LogP contribution in [0.4, 0.5) is 15.3 Å². The van der Waals surface area contributed by atoms with Crippen molar-refractivity contribution >= 4 is 40.8 Å². The van der Waals surface area contributed by atoms with Gasteiger partial charge in [0.2, 0.25) is 0 Å². The molecule has 9 heteroatoms. The van der Waals surface area contributed by atoms with E-state index in [0.29, 0.717) is 23.7 Å². The Morgan fingerprint density at radius 2 is 2.10 bits per heavy atom. The van der Waals surface area contributed by atoms with Gasteiger partial charge in [0.05, 0.1) is 23.7 Å². The molecule has 2 aliphatic rings. The molecule has 0 saturated carbocycles. The van der Waals surface area contributed by atoms with Gasteiger partial charge in [-0.05, 0) is 51.1 Å². The van der Waals surface area contributed by atoms with E-state index in [1.807, 2.05) is 39.0 Å². The van der Waals surface area contributed by atoms with Crippen molar-refractivity contribution in [2.75, 3.05) is 25.1 Å². The average Bonchev–Trinajstić information content (AvgIpc) is 3.19. The molecule has 3 rings (SSSR count). The minimum Gasteiger partial charge on any atom is -0.495 e. The van der Waals surface area contributed by atoms with Gasteiger partial charge in [-0.1, -0.05) is 12.1 Å². The van der Waals surface area contributed by atoms with Crippen LogP contribution in [0, 0.1) is 0 Å². The first-order chi connectivity index (χ1) is 13.7. The Bertz CT molecular complexity index is 862. The largest absolute Gasteiger partial charge is 0.495 e. The second-order valence-corrected chi connectivity index (χ2v) is 8.84. The average molecular weight is 420 g/mol. The zero-order valence-corrected chi connectivity index (χ0v) is 17.7. The van der Waals surface area contributed by atoms with Crippen LogP contribution in [0.5, 0.6) is 5.75 Å². The van der Waals surface area contributed by atoms with Crippen molar-refractivity contribution in [2.45, 2.75) is 38.8 Å². The first kappa shape index (κ1) is 21.0. The number of ether oxygens (including phenoxy) is 2. The van der Waals surface area contributed by atoms with Crippen molar-refractivity contribution in [3.8, 4) is 5.75 Å². The number of methoxy groups -OCH3 is 1. The van der Waals surface area contributed by atoms with E-state index >= 15 is 0 Å². The highest BCUT2D eigenvalue weighted by Crippen LogP contribution is 2.37. The molecule has 8 nitrogen and oxygen atoms in total. The topological polar surface area (TPSA) is 97.0 Å². The summed E-state index contributed by atoms with van der Waals surface area (Å²) in [4.78, 5) is 37.9. The van der Waals surface area contributed by atoms with Crippen molar-refractivity contribution in [3.63, 3.8) is 0 Å². The minimum atomic E-state index is -0.554. The van der Waals surface area contributed by atoms with Crippen molar-refractivity contribution in [3.05, 3.63) is 28.7 Å².